The molecule has 0 amide bonds. The molecule has 36 heavy (non-hydrogen) atoms. The predicted octanol–water partition coefficient (Wildman–Crippen LogP) is 6.26. The van der Waals surface area contributed by atoms with Crippen LogP contribution in [0.15, 0.2) is 85.5 Å². The zero-order chi connectivity index (χ0) is 24.8. The molecule has 1 aromatic heterocycles. The van der Waals surface area contributed by atoms with Crippen LogP contribution >= 0.6 is 11.6 Å². The number of hydrogen-bond donors (Lipinski definition) is 0. The van der Waals surface area contributed by atoms with Crippen molar-refractivity contribution in [3.63, 3.8) is 0 Å². The van der Waals surface area contributed by atoms with Gasteiger partial charge >= 0.3 is 0 Å². The van der Waals surface area contributed by atoms with Crippen LogP contribution in [0.4, 0.5) is 0 Å². The molecule has 0 spiro atoms. The second kappa shape index (κ2) is 11.4. The van der Waals surface area contributed by atoms with E-state index in [0.29, 0.717) is 33.0 Å². The molecule has 0 unspecified atom stereocenters. The van der Waals surface area contributed by atoms with E-state index in [2.05, 4.69) is 66.5 Å². The van der Waals surface area contributed by atoms with Crippen molar-refractivity contribution < 1.29 is 14.2 Å². The minimum Gasteiger partial charge on any atom is -0.371 e. The molecule has 0 bridgehead atoms. The van der Waals surface area contributed by atoms with Gasteiger partial charge in [-0.25, -0.2) is 4.98 Å². The maximum atomic E-state index is 6.22. The quantitative estimate of drug-likeness (QED) is 0.257. The van der Waals surface area contributed by atoms with E-state index in [1.807, 2.05) is 22.9 Å². The molecule has 4 aromatic rings. The van der Waals surface area contributed by atoms with Crippen molar-refractivity contribution in [3.8, 4) is 11.1 Å². The lowest BCUT2D eigenvalue weighted by molar-refractivity contribution is -0.204. The van der Waals surface area contributed by atoms with Crippen LogP contribution in [0.2, 0.25) is 5.02 Å². The summed E-state index contributed by atoms with van der Waals surface area (Å²) in [5.74, 6) is -0.786. The Balaban J connectivity index is 1.32. The minimum atomic E-state index is -0.786. The molecule has 1 fully saturated rings. The maximum Gasteiger partial charge on any atom is 0.210 e. The summed E-state index contributed by atoms with van der Waals surface area (Å²) in [5, 5.41) is 0.759. The van der Waals surface area contributed by atoms with Gasteiger partial charge in [0.25, 0.3) is 0 Å². The Morgan fingerprint density at radius 2 is 1.67 bits per heavy atom. The zero-order valence-corrected chi connectivity index (χ0v) is 21.3. The average molecular weight is 503 g/mol. The fraction of sp³-hybridized carbons (Fsp3) is 0.300. The number of ether oxygens (including phenoxy) is 3. The average Bonchev–Trinajstić information content (AvgIpc) is 3.58. The monoisotopic (exact) mass is 502 g/mol. The SMILES string of the molecule is Cc1ccc(-c2ccc(COCC3(Cn4ccnc4)OCCO3)c(CCc3ccc(Cl)cc3)c2)cc1. The Bertz CT molecular complexity index is 1250. The topological polar surface area (TPSA) is 45.5 Å². The summed E-state index contributed by atoms with van der Waals surface area (Å²) in [6.45, 7) is 4.62. The molecule has 5 nitrogen and oxygen atoms in total. The summed E-state index contributed by atoms with van der Waals surface area (Å²) in [5.41, 5.74) is 7.40. The lowest BCUT2D eigenvalue weighted by Gasteiger charge is -2.27. The van der Waals surface area contributed by atoms with Gasteiger partial charge in [-0.3, -0.25) is 0 Å². The van der Waals surface area contributed by atoms with Gasteiger partial charge in [-0.05, 0) is 59.7 Å². The Labute approximate surface area is 217 Å². The van der Waals surface area contributed by atoms with E-state index in [9.17, 15) is 0 Å². The molecule has 1 aliphatic rings. The largest absolute Gasteiger partial charge is 0.371 e. The number of nitrogens with zero attached hydrogens (tertiary/aromatic N) is 2. The highest BCUT2D eigenvalue weighted by Gasteiger charge is 2.37. The number of rotatable bonds is 10. The van der Waals surface area contributed by atoms with Gasteiger partial charge in [-0.1, -0.05) is 71.8 Å². The number of imidazole rings is 1. The first-order valence-electron chi connectivity index (χ1n) is 12.3. The number of aryl methyl sites for hydroxylation is 3. The van der Waals surface area contributed by atoms with Gasteiger partial charge < -0.3 is 18.8 Å². The molecule has 186 valence electrons. The second-order valence-electron chi connectivity index (χ2n) is 9.31. The van der Waals surface area contributed by atoms with E-state index in [0.717, 1.165) is 17.9 Å². The van der Waals surface area contributed by atoms with Crippen molar-refractivity contribution in [2.45, 2.75) is 38.7 Å². The van der Waals surface area contributed by atoms with Crippen LogP contribution in [0.5, 0.6) is 0 Å². The van der Waals surface area contributed by atoms with Crippen LogP contribution in [0, 0.1) is 6.92 Å². The summed E-state index contributed by atoms with van der Waals surface area (Å²) in [7, 11) is 0. The van der Waals surface area contributed by atoms with Crippen molar-refractivity contribution >= 4 is 11.6 Å². The van der Waals surface area contributed by atoms with Gasteiger partial charge in [-0.2, -0.15) is 0 Å². The lowest BCUT2D eigenvalue weighted by Crippen LogP contribution is -2.40. The van der Waals surface area contributed by atoms with Crippen LogP contribution < -0.4 is 0 Å². The maximum absolute atomic E-state index is 6.22. The van der Waals surface area contributed by atoms with Crippen molar-refractivity contribution in [1.29, 1.82) is 0 Å². The van der Waals surface area contributed by atoms with Crippen LogP contribution in [0.1, 0.15) is 22.3 Å². The summed E-state index contributed by atoms with van der Waals surface area (Å²) in [6.07, 6.45) is 7.27. The Hall–Kier alpha value is -2.96. The van der Waals surface area contributed by atoms with E-state index in [1.54, 1.807) is 12.5 Å². The van der Waals surface area contributed by atoms with Gasteiger partial charge in [-0.15, -0.1) is 0 Å². The summed E-state index contributed by atoms with van der Waals surface area (Å²) >= 11 is 6.08. The molecule has 0 saturated carbocycles. The van der Waals surface area contributed by atoms with E-state index in [4.69, 9.17) is 25.8 Å². The third-order valence-corrected chi connectivity index (χ3v) is 6.82. The summed E-state index contributed by atoms with van der Waals surface area (Å²) in [6, 6.07) is 23.4. The second-order valence-corrected chi connectivity index (χ2v) is 9.75. The predicted molar refractivity (Wildman–Crippen MR) is 142 cm³/mol. The smallest absolute Gasteiger partial charge is 0.210 e. The van der Waals surface area contributed by atoms with E-state index in [-0.39, 0.29) is 0 Å². The van der Waals surface area contributed by atoms with Crippen molar-refractivity contribution in [3.05, 3.63) is 113 Å². The normalized spacial score (nSPS) is 14.8. The Kier molecular flexibility index (Phi) is 7.83. The van der Waals surface area contributed by atoms with Gasteiger partial charge in [0.1, 0.15) is 6.61 Å². The van der Waals surface area contributed by atoms with E-state index >= 15 is 0 Å². The Morgan fingerprint density at radius 3 is 2.39 bits per heavy atom. The van der Waals surface area contributed by atoms with E-state index in [1.165, 1.54) is 33.4 Å². The molecule has 0 N–H and O–H groups in total. The molecule has 1 aliphatic heterocycles. The third kappa shape index (κ3) is 6.23. The molecule has 6 heteroatoms. The van der Waals surface area contributed by atoms with Gasteiger partial charge in [0, 0.05) is 17.4 Å². The summed E-state index contributed by atoms with van der Waals surface area (Å²) < 4.78 is 20.1. The fourth-order valence-electron chi connectivity index (χ4n) is 4.55. The van der Waals surface area contributed by atoms with Crippen molar-refractivity contribution in [1.82, 2.24) is 9.55 Å². The first-order valence-corrected chi connectivity index (χ1v) is 12.7. The molecule has 0 atom stereocenters. The van der Waals surface area contributed by atoms with Crippen LogP contribution in [-0.4, -0.2) is 35.2 Å². The molecule has 2 heterocycles. The highest BCUT2D eigenvalue weighted by molar-refractivity contribution is 6.30. The highest BCUT2D eigenvalue weighted by Crippen LogP contribution is 2.27. The molecule has 0 aliphatic carbocycles. The first kappa shape index (κ1) is 24.7. The number of aromatic nitrogens is 2. The molecule has 1 saturated heterocycles. The van der Waals surface area contributed by atoms with Crippen LogP contribution in [-0.2, 0) is 40.2 Å². The van der Waals surface area contributed by atoms with Crippen LogP contribution in [0.25, 0.3) is 11.1 Å². The number of halogens is 1. The number of hydrogen-bond acceptors (Lipinski definition) is 4. The van der Waals surface area contributed by atoms with Crippen LogP contribution in [0.3, 0.4) is 0 Å². The molecule has 0 radical (unpaired) electrons. The van der Waals surface area contributed by atoms with Crippen molar-refractivity contribution in [2.24, 2.45) is 0 Å². The number of benzene rings is 3. The lowest BCUT2D eigenvalue weighted by atomic mass is 9.95. The standard InChI is InChI=1S/C30H31ClN2O3/c1-23-2-7-25(8-3-23)26-10-11-28(27(18-26)9-4-24-5-12-29(31)13-6-24)19-34-21-30(35-16-17-36-30)20-33-15-14-32-22-33/h2-3,5-8,10-15,18,22H,4,9,16-17,19-21H2,1H3. The first-order chi connectivity index (χ1) is 17.6. The highest BCUT2D eigenvalue weighted by atomic mass is 35.5. The molecular weight excluding hydrogens is 472 g/mol. The minimum absolute atomic E-state index is 0.349. The zero-order valence-electron chi connectivity index (χ0n) is 20.5. The Morgan fingerprint density at radius 1 is 0.917 bits per heavy atom. The molecule has 3 aromatic carbocycles. The molecule has 5 rings (SSSR count). The van der Waals surface area contributed by atoms with Gasteiger partial charge in [0.05, 0.1) is 32.7 Å². The summed E-state index contributed by atoms with van der Waals surface area (Å²) in [4.78, 5) is 4.13. The van der Waals surface area contributed by atoms with Gasteiger partial charge in [0.15, 0.2) is 0 Å². The van der Waals surface area contributed by atoms with Crippen molar-refractivity contribution in [2.75, 3.05) is 19.8 Å². The van der Waals surface area contributed by atoms with E-state index < -0.39 is 5.79 Å². The third-order valence-electron chi connectivity index (χ3n) is 6.56. The van der Waals surface area contributed by atoms with Gasteiger partial charge in [0.2, 0.25) is 5.79 Å². The fourth-order valence-corrected chi connectivity index (χ4v) is 4.67. The molecular formula is C30H31ClN2O3.